The van der Waals surface area contributed by atoms with E-state index in [-0.39, 0.29) is 0 Å². The highest BCUT2D eigenvalue weighted by atomic mass is 16.5. The Morgan fingerprint density at radius 1 is 1.30 bits per heavy atom. The second kappa shape index (κ2) is 8.25. The van der Waals surface area contributed by atoms with E-state index >= 15 is 0 Å². The first-order valence-electron chi connectivity index (χ1n) is 7.54. The Bertz CT molecular complexity index is 372. The van der Waals surface area contributed by atoms with Crippen molar-refractivity contribution in [3.05, 3.63) is 29.8 Å². The highest BCUT2D eigenvalue weighted by Gasteiger charge is 2.12. The summed E-state index contributed by atoms with van der Waals surface area (Å²) in [6.07, 6.45) is 2.29. The van der Waals surface area contributed by atoms with Crippen LogP contribution in [0.2, 0.25) is 0 Å². The van der Waals surface area contributed by atoms with E-state index in [2.05, 4.69) is 53.9 Å². The Balaban J connectivity index is 1.66. The molecule has 1 aromatic rings. The molecule has 1 fully saturated rings. The van der Waals surface area contributed by atoms with Gasteiger partial charge in [-0.15, -0.1) is 0 Å². The molecule has 0 aliphatic carbocycles. The third-order valence-corrected chi connectivity index (χ3v) is 3.60. The van der Waals surface area contributed by atoms with Crippen molar-refractivity contribution in [3.63, 3.8) is 0 Å². The van der Waals surface area contributed by atoms with E-state index in [0.29, 0.717) is 6.04 Å². The van der Waals surface area contributed by atoms with Gasteiger partial charge in [0.2, 0.25) is 0 Å². The summed E-state index contributed by atoms with van der Waals surface area (Å²) in [5.41, 5.74) is 1.32. The molecule has 1 aliphatic rings. The second-order valence-electron chi connectivity index (χ2n) is 5.72. The number of hydrogen-bond donors (Lipinski definition) is 2. The van der Waals surface area contributed by atoms with Crippen LogP contribution in [-0.4, -0.2) is 51.3 Å². The van der Waals surface area contributed by atoms with Gasteiger partial charge in [-0.05, 0) is 51.2 Å². The molecule has 0 aromatic heterocycles. The van der Waals surface area contributed by atoms with Crippen LogP contribution in [-0.2, 0) is 6.54 Å². The molecule has 0 bridgehead atoms. The zero-order chi connectivity index (χ0) is 14.2. The van der Waals surface area contributed by atoms with Gasteiger partial charge in [0.25, 0.3) is 0 Å². The minimum absolute atomic E-state index is 0.622. The first-order valence-corrected chi connectivity index (χ1v) is 7.54. The van der Waals surface area contributed by atoms with E-state index in [9.17, 15) is 0 Å². The predicted octanol–water partition coefficient (Wildman–Crippen LogP) is 1.47. The quantitative estimate of drug-likeness (QED) is 0.706. The summed E-state index contributed by atoms with van der Waals surface area (Å²) in [5, 5.41) is 6.94. The summed E-state index contributed by atoms with van der Waals surface area (Å²) >= 11 is 0. The first kappa shape index (κ1) is 15.3. The molecular weight excluding hydrogens is 250 g/mol. The molecule has 112 valence electrons. The molecule has 0 amide bonds. The maximum absolute atomic E-state index is 5.73. The van der Waals surface area contributed by atoms with Crippen LogP contribution in [0.3, 0.4) is 0 Å². The molecule has 0 radical (unpaired) electrons. The summed E-state index contributed by atoms with van der Waals surface area (Å²) in [6, 6.07) is 9.06. The Hall–Kier alpha value is -1.10. The Morgan fingerprint density at radius 2 is 2.10 bits per heavy atom. The fraction of sp³-hybridized carbons (Fsp3) is 0.625. The first-order chi connectivity index (χ1) is 9.74. The topological polar surface area (TPSA) is 36.5 Å². The summed E-state index contributed by atoms with van der Waals surface area (Å²) in [4.78, 5) is 2.18. The lowest BCUT2D eigenvalue weighted by Crippen LogP contribution is -2.30. The number of nitrogens with one attached hydrogen (secondary N) is 2. The normalized spacial score (nSPS) is 18.6. The van der Waals surface area contributed by atoms with Crippen LogP contribution in [0.15, 0.2) is 24.3 Å². The van der Waals surface area contributed by atoms with Gasteiger partial charge in [-0.3, -0.25) is 0 Å². The van der Waals surface area contributed by atoms with E-state index in [1.807, 2.05) is 0 Å². The highest BCUT2D eigenvalue weighted by molar-refractivity contribution is 5.27. The molecule has 1 saturated heterocycles. The van der Waals surface area contributed by atoms with Gasteiger partial charge < -0.3 is 20.3 Å². The Morgan fingerprint density at radius 3 is 2.75 bits per heavy atom. The molecule has 1 aliphatic heterocycles. The Labute approximate surface area is 122 Å². The number of rotatable bonds is 8. The average Bonchev–Trinajstić information content (AvgIpc) is 2.96. The number of nitrogens with zero attached hydrogens (tertiary/aromatic N) is 1. The zero-order valence-corrected chi connectivity index (χ0v) is 12.7. The van der Waals surface area contributed by atoms with Crippen molar-refractivity contribution in [2.75, 3.05) is 40.3 Å². The highest BCUT2D eigenvalue weighted by Crippen LogP contribution is 2.13. The largest absolute Gasteiger partial charge is 0.494 e. The molecule has 20 heavy (non-hydrogen) atoms. The van der Waals surface area contributed by atoms with Crippen molar-refractivity contribution in [1.82, 2.24) is 15.5 Å². The zero-order valence-electron chi connectivity index (χ0n) is 12.7. The summed E-state index contributed by atoms with van der Waals surface area (Å²) < 4.78 is 5.73. The van der Waals surface area contributed by atoms with Crippen molar-refractivity contribution in [2.45, 2.75) is 25.4 Å². The second-order valence-corrected chi connectivity index (χ2v) is 5.72. The van der Waals surface area contributed by atoms with Crippen molar-refractivity contribution in [2.24, 2.45) is 0 Å². The smallest absolute Gasteiger partial charge is 0.119 e. The molecule has 4 heteroatoms. The van der Waals surface area contributed by atoms with Gasteiger partial charge in [0, 0.05) is 25.7 Å². The van der Waals surface area contributed by atoms with Gasteiger partial charge >= 0.3 is 0 Å². The lowest BCUT2D eigenvalue weighted by atomic mass is 10.2. The fourth-order valence-corrected chi connectivity index (χ4v) is 2.37. The van der Waals surface area contributed by atoms with E-state index in [1.54, 1.807) is 0 Å². The van der Waals surface area contributed by atoms with E-state index in [1.165, 1.54) is 12.0 Å². The lowest BCUT2D eigenvalue weighted by Gasteiger charge is -2.12. The molecule has 2 N–H and O–H groups in total. The summed E-state index contributed by atoms with van der Waals surface area (Å²) in [7, 11) is 4.17. The molecule has 1 unspecified atom stereocenters. The van der Waals surface area contributed by atoms with Crippen LogP contribution >= 0.6 is 0 Å². The van der Waals surface area contributed by atoms with Crippen LogP contribution in [0, 0.1) is 0 Å². The van der Waals surface area contributed by atoms with E-state index in [4.69, 9.17) is 4.74 Å². The summed E-state index contributed by atoms with van der Waals surface area (Å²) in [5.74, 6) is 0.968. The Kier molecular flexibility index (Phi) is 6.30. The van der Waals surface area contributed by atoms with E-state index < -0.39 is 0 Å². The molecular formula is C16H27N3O. The standard InChI is InChI=1S/C16H27N3O/c1-19(2)10-3-11-20-16-6-4-14(5-7-16)12-18-15-8-9-17-13-15/h4-7,15,17-18H,3,8-13H2,1-2H3. The molecule has 2 rings (SSSR count). The van der Waals surface area contributed by atoms with Gasteiger partial charge in [-0.2, -0.15) is 0 Å². The molecule has 1 heterocycles. The van der Waals surface area contributed by atoms with E-state index in [0.717, 1.165) is 45.0 Å². The van der Waals surface area contributed by atoms with Gasteiger partial charge in [0.15, 0.2) is 0 Å². The number of hydrogen-bond acceptors (Lipinski definition) is 4. The van der Waals surface area contributed by atoms with Crippen molar-refractivity contribution >= 4 is 0 Å². The summed E-state index contributed by atoms with van der Waals surface area (Å²) in [6.45, 7) is 5.01. The maximum Gasteiger partial charge on any atom is 0.119 e. The van der Waals surface area contributed by atoms with Crippen LogP contribution < -0.4 is 15.4 Å². The third-order valence-electron chi connectivity index (χ3n) is 3.60. The van der Waals surface area contributed by atoms with Crippen molar-refractivity contribution < 1.29 is 4.74 Å². The van der Waals surface area contributed by atoms with Gasteiger partial charge in [-0.1, -0.05) is 12.1 Å². The van der Waals surface area contributed by atoms with Crippen LogP contribution in [0.5, 0.6) is 5.75 Å². The predicted molar refractivity (Wildman–Crippen MR) is 83.2 cm³/mol. The minimum Gasteiger partial charge on any atom is -0.494 e. The van der Waals surface area contributed by atoms with Crippen molar-refractivity contribution in [3.8, 4) is 5.75 Å². The maximum atomic E-state index is 5.73. The third kappa shape index (κ3) is 5.49. The van der Waals surface area contributed by atoms with Gasteiger partial charge in [0.05, 0.1) is 6.61 Å². The monoisotopic (exact) mass is 277 g/mol. The van der Waals surface area contributed by atoms with Gasteiger partial charge in [0.1, 0.15) is 5.75 Å². The van der Waals surface area contributed by atoms with Crippen molar-refractivity contribution in [1.29, 1.82) is 0 Å². The number of ether oxygens (including phenoxy) is 1. The molecule has 1 atom stereocenters. The van der Waals surface area contributed by atoms with Gasteiger partial charge in [-0.25, -0.2) is 0 Å². The molecule has 0 spiro atoms. The minimum atomic E-state index is 0.622. The average molecular weight is 277 g/mol. The fourth-order valence-electron chi connectivity index (χ4n) is 2.37. The SMILES string of the molecule is CN(C)CCCOc1ccc(CNC2CCNC2)cc1. The van der Waals surface area contributed by atoms with Crippen LogP contribution in [0.25, 0.3) is 0 Å². The van der Waals surface area contributed by atoms with Crippen LogP contribution in [0.1, 0.15) is 18.4 Å². The molecule has 0 saturated carbocycles. The molecule has 1 aromatic carbocycles. The lowest BCUT2D eigenvalue weighted by molar-refractivity contribution is 0.281. The molecule has 4 nitrogen and oxygen atoms in total. The number of benzene rings is 1. The van der Waals surface area contributed by atoms with Crippen LogP contribution in [0.4, 0.5) is 0 Å².